The number of hydrogen-bond acceptors (Lipinski definition) is 6. The number of carbonyl (C=O) groups excluding carboxylic acids is 2. The number of amides is 2. The summed E-state index contributed by atoms with van der Waals surface area (Å²) in [4.78, 5) is 28.5. The number of nitrogens with one attached hydrogen (secondary N) is 1. The van der Waals surface area contributed by atoms with E-state index in [4.69, 9.17) is 9.47 Å². The number of ether oxygens (including phenoxy) is 2. The van der Waals surface area contributed by atoms with E-state index in [1.807, 2.05) is 26.8 Å². The van der Waals surface area contributed by atoms with Crippen LogP contribution in [0.5, 0.6) is 11.5 Å². The smallest absolute Gasteiger partial charge is 0.264 e. The molecule has 1 atom stereocenters. The molecule has 0 aliphatic heterocycles. The first-order valence-electron chi connectivity index (χ1n) is 13.6. The second kappa shape index (κ2) is 14.5. The summed E-state index contributed by atoms with van der Waals surface area (Å²) < 4.78 is 39.7. The van der Waals surface area contributed by atoms with Gasteiger partial charge in [0.2, 0.25) is 11.8 Å². The van der Waals surface area contributed by atoms with Crippen LogP contribution in [-0.2, 0) is 26.2 Å². The van der Waals surface area contributed by atoms with Crippen molar-refractivity contribution in [1.29, 1.82) is 0 Å². The zero-order valence-electron chi connectivity index (χ0n) is 24.2. The molecule has 0 aromatic heterocycles. The molecule has 3 rings (SSSR count). The largest absolute Gasteiger partial charge is 0.497 e. The summed E-state index contributed by atoms with van der Waals surface area (Å²) in [6.45, 7) is 7.91. The molecule has 0 fully saturated rings. The maximum absolute atomic E-state index is 14.0. The predicted octanol–water partition coefficient (Wildman–Crippen LogP) is 4.48. The summed E-state index contributed by atoms with van der Waals surface area (Å²) in [7, 11) is -2.61. The molecule has 3 aromatic carbocycles. The van der Waals surface area contributed by atoms with E-state index in [-0.39, 0.29) is 23.3 Å². The van der Waals surface area contributed by atoms with E-state index in [9.17, 15) is 18.0 Å². The molecular formula is C31H39N3O6S. The number of para-hydroxylation sites is 1. The summed E-state index contributed by atoms with van der Waals surface area (Å²) in [6, 6.07) is 20.8. The number of hydrogen-bond donors (Lipinski definition) is 1. The molecular weight excluding hydrogens is 542 g/mol. The molecule has 0 spiro atoms. The quantitative estimate of drug-likeness (QED) is 0.301. The van der Waals surface area contributed by atoms with Crippen molar-refractivity contribution in [2.75, 3.05) is 31.1 Å². The number of benzene rings is 3. The predicted molar refractivity (Wildman–Crippen MR) is 159 cm³/mol. The van der Waals surface area contributed by atoms with Gasteiger partial charge in [0.25, 0.3) is 10.0 Å². The lowest BCUT2D eigenvalue weighted by Gasteiger charge is -2.32. The maximum Gasteiger partial charge on any atom is 0.264 e. The Labute approximate surface area is 243 Å². The van der Waals surface area contributed by atoms with Crippen LogP contribution in [-0.4, -0.2) is 58.0 Å². The molecule has 9 nitrogen and oxygen atoms in total. The van der Waals surface area contributed by atoms with Gasteiger partial charge in [0.1, 0.15) is 24.1 Å². The van der Waals surface area contributed by atoms with Crippen LogP contribution in [0.1, 0.15) is 33.3 Å². The lowest BCUT2D eigenvalue weighted by Crippen LogP contribution is -2.51. The SMILES string of the molecule is CCOc1ccc(S(=O)(=O)N(CC(=O)N(Cc2cccc(OC)c2)[C@H](C)C(=O)NCC(C)C)c2ccccc2)cc1. The molecule has 0 saturated carbocycles. The zero-order chi connectivity index (χ0) is 30.0. The Morgan fingerprint density at radius 3 is 2.20 bits per heavy atom. The van der Waals surface area contributed by atoms with Gasteiger partial charge in [-0.1, -0.05) is 44.2 Å². The lowest BCUT2D eigenvalue weighted by atomic mass is 10.1. The van der Waals surface area contributed by atoms with E-state index >= 15 is 0 Å². The topological polar surface area (TPSA) is 105 Å². The summed E-state index contributed by atoms with van der Waals surface area (Å²) in [5.74, 6) is 0.519. The van der Waals surface area contributed by atoms with Crippen LogP contribution in [0.2, 0.25) is 0 Å². The third kappa shape index (κ3) is 8.47. The molecule has 0 saturated heterocycles. The number of rotatable bonds is 14. The van der Waals surface area contributed by atoms with Gasteiger partial charge in [0.05, 0.1) is 24.3 Å². The van der Waals surface area contributed by atoms with Crippen molar-refractivity contribution < 1.29 is 27.5 Å². The highest BCUT2D eigenvalue weighted by molar-refractivity contribution is 7.92. The van der Waals surface area contributed by atoms with Crippen LogP contribution in [0.15, 0.2) is 83.8 Å². The van der Waals surface area contributed by atoms with Crippen LogP contribution >= 0.6 is 0 Å². The van der Waals surface area contributed by atoms with E-state index in [0.29, 0.717) is 30.3 Å². The molecule has 0 bridgehead atoms. The molecule has 0 aliphatic rings. The highest BCUT2D eigenvalue weighted by Gasteiger charge is 2.32. The van der Waals surface area contributed by atoms with Crippen LogP contribution < -0.4 is 19.1 Å². The third-order valence-electron chi connectivity index (χ3n) is 6.38. The lowest BCUT2D eigenvalue weighted by molar-refractivity contribution is -0.139. The zero-order valence-corrected chi connectivity index (χ0v) is 25.1. The molecule has 1 N–H and O–H groups in total. The van der Waals surface area contributed by atoms with E-state index in [2.05, 4.69) is 5.32 Å². The van der Waals surface area contributed by atoms with Crippen LogP contribution in [0.25, 0.3) is 0 Å². The Balaban J connectivity index is 1.99. The van der Waals surface area contributed by atoms with Crippen molar-refractivity contribution in [2.24, 2.45) is 5.92 Å². The van der Waals surface area contributed by atoms with Crippen molar-refractivity contribution in [3.05, 3.63) is 84.4 Å². The first-order valence-corrected chi connectivity index (χ1v) is 15.0. The summed E-state index contributed by atoms with van der Waals surface area (Å²) in [6.07, 6.45) is 0. The monoisotopic (exact) mass is 581 g/mol. The van der Waals surface area contributed by atoms with Gasteiger partial charge < -0.3 is 19.7 Å². The van der Waals surface area contributed by atoms with Crippen molar-refractivity contribution in [1.82, 2.24) is 10.2 Å². The molecule has 0 aliphatic carbocycles. The normalized spacial score (nSPS) is 12.0. The van der Waals surface area contributed by atoms with Gasteiger partial charge in [-0.2, -0.15) is 0 Å². The molecule has 0 unspecified atom stereocenters. The Kier molecular flexibility index (Phi) is 11.2. The van der Waals surface area contributed by atoms with Gasteiger partial charge in [-0.15, -0.1) is 0 Å². The fourth-order valence-electron chi connectivity index (χ4n) is 4.13. The number of sulfonamides is 1. The van der Waals surface area contributed by atoms with Gasteiger partial charge in [-0.05, 0) is 73.9 Å². The van der Waals surface area contributed by atoms with Crippen LogP contribution in [0.3, 0.4) is 0 Å². The third-order valence-corrected chi connectivity index (χ3v) is 8.17. The average molecular weight is 582 g/mol. The van der Waals surface area contributed by atoms with Crippen molar-refractivity contribution in [3.63, 3.8) is 0 Å². The summed E-state index contributed by atoms with van der Waals surface area (Å²) in [5.41, 5.74) is 1.06. The van der Waals surface area contributed by atoms with Crippen molar-refractivity contribution in [3.8, 4) is 11.5 Å². The van der Waals surface area contributed by atoms with Crippen LogP contribution in [0, 0.1) is 5.92 Å². The average Bonchev–Trinajstić information content (AvgIpc) is 2.97. The second-order valence-corrected chi connectivity index (χ2v) is 11.8. The Morgan fingerprint density at radius 2 is 1.59 bits per heavy atom. The first kappa shape index (κ1) is 31.5. The summed E-state index contributed by atoms with van der Waals surface area (Å²) in [5, 5.41) is 2.88. The summed E-state index contributed by atoms with van der Waals surface area (Å²) >= 11 is 0. The number of nitrogens with zero attached hydrogens (tertiary/aromatic N) is 2. The van der Waals surface area contributed by atoms with E-state index < -0.39 is 28.5 Å². The fourth-order valence-corrected chi connectivity index (χ4v) is 5.54. The molecule has 2 amide bonds. The number of anilines is 1. The maximum atomic E-state index is 14.0. The molecule has 41 heavy (non-hydrogen) atoms. The van der Waals surface area contributed by atoms with Gasteiger partial charge >= 0.3 is 0 Å². The molecule has 3 aromatic rings. The minimum absolute atomic E-state index is 0.0136. The van der Waals surface area contributed by atoms with Gasteiger partial charge in [0, 0.05) is 13.1 Å². The number of carbonyl (C=O) groups is 2. The van der Waals surface area contributed by atoms with Gasteiger partial charge in [-0.3, -0.25) is 13.9 Å². The molecule has 0 heterocycles. The fraction of sp³-hybridized carbons (Fsp3) is 0.355. The van der Waals surface area contributed by atoms with Gasteiger partial charge in [0.15, 0.2) is 0 Å². The first-order chi connectivity index (χ1) is 19.6. The minimum atomic E-state index is -4.16. The molecule has 10 heteroatoms. The second-order valence-electron chi connectivity index (χ2n) is 9.94. The highest BCUT2D eigenvalue weighted by Crippen LogP contribution is 2.26. The van der Waals surface area contributed by atoms with Crippen molar-refractivity contribution >= 4 is 27.5 Å². The standard InChI is InChI=1S/C31H39N3O6S/c1-6-40-27-15-17-29(18-16-27)41(37,38)34(26-12-8-7-9-13-26)22-30(35)33(24(4)31(36)32-20-23(2)3)21-25-11-10-14-28(19-25)39-5/h7-19,23-24H,6,20-22H2,1-5H3,(H,32,36)/t24-/m1/s1. The van der Waals surface area contributed by atoms with E-state index in [0.717, 1.165) is 9.87 Å². The van der Waals surface area contributed by atoms with E-state index in [1.165, 1.54) is 17.0 Å². The minimum Gasteiger partial charge on any atom is -0.497 e. The van der Waals surface area contributed by atoms with Crippen LogP contribution in [0.4, 0.5) is 5.69 Å². The molecule has 0 radical (unpaired) electrons. The Bertz CT molecular complexity index is 1390. The van der Waals surface area contributed by atoms with Crippen molar-refractivity contribution in [2.45, 2.75) is 45.2 Å². The Morgan fingerprint density at radius 1 is 0.902 bits per heavy atom. The molecule has 220 valence electrons. The highest BCUT2D eigenvalue weighted by atomic mass is 32.2. The van der Waals surface area contributed by atoms with E-state index in [1.54, 1.807) is 74.7 Å². The van der Waals surface area contributed by atoms with Gasteiger partial charge in [-0.25, -0.2) is 8.42 Å². The Hall–Kier alpha value is -4.05. The number of methoxy groups -OCH3 is 1.